The average Bonchev–Trinajstić information content (AvgIpc) is 2.12. The fourth-order valence-corrected chi connectivity index (χ4v) is 2.98. The summed E-state index contributed by atoms with van der Waals surface area (Å²) in [6, 6.07) is 0. The largest absolute Gasteiger partial charge is 1.00 e. The van der Waals surface area contributed by atoms with Gasteiger partial charge in [-0.05, 0) is 12.3 Å². The Hall–Kier alpha value is 0.700. The minimum absolute atomic E-state index is 0. The molecular formula is C9H14F3NaO3S. The van der Waals surface area contributed by atoms with Crippen LogP contribution in [0.5, 0.6) is 0 Å². The summed E-state index contributed by atoms with van der Waals surface area (Å²) in [5.41, 5.74) is 0. The van der Waals surface area contributed by atoms with Crippen LogP contribution in [0.3, 0.4) is 0 Å². The molecule has 0 aromatic carbocycles. The summed E-state index contributed by atoms with van der Waals surface area (Å²) in [6.07, 6.45) is -1.75. The van der Waals surface area contributed by atoms with E-state index >= 15 is 0 Å². The molecule has 0 heterocycles. The maximum atomic E-state index is 12.4. The zero-order chi connectivity index (χ0) is 12.4. The molecule has 1 atom stereocenters. The quantitative estimate of drug-likeness (QED) is 0.515. The second-order valence-electron chi connectivity index (χ2n) is 4.26. The summed E-state index contributed by atoms with van der Waals surface area (Å²) in [4.78, 5) is 0. The molecule has 0 aromatic rings. The average molecular weight is 282 g/mol. The Morgan fingerprint density at radius 1 is 1.18 bits per heavy atom. The van der Waals surface area contributed by atoms with Crippen molar-refractivity contribution in [3.8, 4) is 0 Å². The Kier molecular flexibility index (Phi) is 7.02. The van der Waals surface area contributed by atoms with E-state index in [1.54, 1.807) is 0 Å². The molecule has 1 fully saturated rings. The van der Waals surface area contributed by atoms with E-state index in [0.717, 1.165) is 19.3 Å². The van der Waals surface area contributed by atoms with E-state index in [1.165, 1.54) is 0 Å². The number of hydrogen-bond donors (Lipinski definition) is 0. The Bertz CT molecular complexity index is 323. The van der Waals surface area contributed by atoms with Gasteiger partial charge in [-0.2, -0.15) is 13.2 Å². The Morgan fingerprint density at radius 3 is 2.00 bits per heavy atom. The van der Waals surface area contributed by atoms with Crippen molar-refractivity contribution >= 4 is 10.1 Å². The van der Waals surface area contributed by atoms with Crippen molar-refractivity contribution in [2.45, 2.75) is 50.0 Å². The molecule has 0 aliphatic heterocycles. The third kappa shape index (κ3) is 5.92. The molecule has 0 spiro atoms. The van der Waals surface area contributed by atoms with Gasteiger partial charge in [-0.15, -0.1) is 0 Å². The molecule has 1 aliphatic carbocycles. The van der Waals surface area contributed by atoms with Crippen molar-refractivity contribution in [3.63, 3.8) is 0 Å². The van der Waals surface area contributed by atoms with Crippen molar-refractivity contribution in [3.05, 3.63) is 0 Å². The van der Waals surface area contributed by atoms with Gasteiger partial charge < -0.3 is 4.55 Å². The van der Waals surface area contributed by atoms with E-state index < -0.39 is 28.0 Å². The molecule has 1 rings (SSSR count). The van der Waals surface area contributed by atoms with Crippen molar-refractivity contribution < 1.29 is 55.7 Å². The third-order valence-corrected chi connectivity index (χ3v) is 4.14. The van der Waals surface area contributed by atoms with Crippen LogP contribution >= 0.6 is 0 Å². The maximum Gasteiger partial charge on any atom is 1.00 e. The molecule has 1 unspecified atom stereocenters. The Balaban J connectivity index is 0.00000256. The van der Waals surface area contributed by atoms with E-state index in [2.05, 4.69) is 0 Å². The maximum absolute atomic E-state index is 12.4. The number of alkyl halides is 3. The molecule has 0 bridgehead atoms. The fourth-order valence-electron chi connectivity index (χ4n) is 2.14. The monoisotopic (exact) mass is 282 g/mol. The van der Waals surface area contributed by atoms with Crippen molar-refractivity contribution in [1.29, 1.82) is 0 Å². The van der Waals surface area contributed by atoms with Crippen molar-refractivity contribution in [1.82, 2.24) is 0 Å². The molecule has 0 amide bonds. The summed E-state index contributed by atoms with van der Waals surface area (Å²) in [5, 5.41) is -2.73. The molecule has 96 valence electrons. The normalized spacial score (nSPS) is 20.7. The van der Waals surface area contributed by atoms with Gasteiger partial charge in [0.25, 0.3) is 0 Å². The van der Waals surface area contributed by atoms with Crippen LogP contribution in [0.2, 0.25) is 0 Å². The van der Waals surface area contributed by atoms with Crippen LogP contribution in [-0.4, -0.2) is 24.4 Å². The molecular weight excluding hydrogens is 268 g/mol. The topological polar surface area (TPSA) is 57.2 Å². The van der Waals surface area contributed by atoms with Gasteiger partial charge in [0.05, 0.1) is 0 Å². The summed E-state index contributed by atoms with van der Waals surface area (Å²) < 4.78 is 68.9. The molecule has 0 N–H and O–H groups in total. The first-order chi connectivity index (χ1) is 7.21. The SMILES string of the molecule is O=S(=O)([O-])C(CC1CCCCC1)C(F)(F)F.[Na+]. The molecule has 0 aromatic heterocycles. The molecule has 1 aliphatic rings. The van der Waals surface area contributed by atoms with E-state index in [-0.39, 0.29) is 35.5 Å². The molecule has 3 nitrogen and oxygen atoms in total. The first-order valence-electron chi connectivity index (χ1n) is 5.22. The van der Waals surface area contributed by atoms with Gasteiger partial charge >= 0.3 is 35.7 Å². The fraction of sp³-hybridized carbons (Fsp3) is 1.00. The Morgan fingerprint density at radius 2 is 1.65 bits per heavy atom. The minimum atomic E-state index is -5.30. The van der Waals surface area contributed by atoms with E-state index in [9.17, 15) is 26.1 Å². The molecule has 1 saturated carbocycles. The first kappa shape index (κ1) is 17.7. The van der Waals surface area contributed by atoms with Crippen LogP contribution in [0, 0.1) is 5.92 Å². The predicted octanol–water partition coefficient (Wildman–Crippen LogP) is -0.563. The van der Waals surface area contributed by atoms with Crippen LogP contribution in [-0.2, 0) is 10.1 Å². The second-order valence-corrected chi connectivity index (χ2v) is 5.82. The first-order valence-corrected chi connectivity index (χ1v) is 6.70. The summed E-state index contributed by atoms with van der Waals surface area (Å²) >= 11 is 0. The smallest absolute Gasteiger partial charge is 0.747 e. The zero-order valence-corrected chi connectivity index (χ0v) is 12.5. The standard InChI is InChI=1S/C9H15F3O3S.Na/c10-9(11,12)8(16(13,14)15)6-7-4-2-1-3-5-7;/h7-8H,1-6H2,(H,13,14,15);/q;+1/p-1. The van der Waals surface area contributed by atoms with Crippen molar-refractivity contribution in [2.75, 3.05) is 0 Å². The van der Waals surface area contributed by atoms with Crippen LogP contribution in [0.15, 0.2) is 0 Å². The van der Waals surface area contributed by atoms with Gasteiger partial charge in [0.1, 0.15) is 15.4 Å². The predicted molar refractivity (Wildman–Crippen MR) is 50.7 cm³/mol. The molecule has 8 heteroatoms. The van der Waals surface area contributed by atoms with E-state index in [0.29, 0.717) is 12.8 Å². The van der Waals surface area contributed by atoms with E-state index in [1.807, 2.05) is 0 Å². The van der Waals surface area contributed by atoms with Crippen LogP contribution in [0.25, 0.3) is 0 Å². The van der Waals surface area contributed by atoms with Gasteiger partial charge in [0.2, 0.25) is 0 Å². The van der Waals surface area contributed by atoms with Gasteiger partial charge in [-0.1, -0.05) is 32.1 Å². The van der Waals surface area contributed by atoms with Gasteiger partial charge in [0, 0.05) is 0 Å². The van der Waals surface area contributed by atoms with Crippen LogP contribution in [0.1, 0.15) is 38.5 Å². The molecule has 0 radical (unpaired) electrons. The number of hydrogen-bond acceptors (Lipinski definition) is 3. The summed E-state index contributed by atoms with van der Waals surface area (Å²) in [7, 11) is -5.30. The van der Waals surface area contributed by atoms with Gasteiger partial charge in [-0.3, -0.25) is 0 Å². The minimum Gasteiger partial charge on any atom is -0.747 e. The van der Waals surface area contributed by atoms with Crippen LogP contribution < -0.4 is 29.6 Å². The zero-order valence-electron chi connectivity index (χ0n) is 9.66. The second kappa shape index (κ2) is 6.75. The number of rotatable bonds is 3. The summed E-state index contributed by atoms with van der Waals surface area (Å²) in [6.45, 7) is 0. The molecule has 0 saturated heterocycles. The Labute approximate surface area is 121 Å². The van der Waals surface area contributed by atoms with Gasteiger partial charge in [-0.25, -0.2) is 8.42 Å². The van der Waals surface area contributed by atoms with Crippen molar-refractivity contribution in [2.24, 2.45) is 5.92 Å². The summed E-state index contributed by atoms with van der Waals surface area (Å²) in [5.74, 6) is -0.288. The molecule has 17 heavy (non-hydrogen) atoms. The van der Waals surface area contributed by atoms with E-state index in [4.69, 9.17) is 0 Å². The van der Waals surface area contributed by atoms with Crippen LogP contribution in [0.4, 0.5) is 13.2 Å². The third-order valence-electron chi connectivity index (χ3n) is 2.99. The number of halogens is 3. The van der Waals surface area contributed by atoms with Gasteiger partial charge in [0.15, 0.2) is 0 Å².